The first kappa shape index (κ1) is 22.8. The van der Waals surface area contributed by atoms with Gasteiger partial charge in [0.2, 0.25) is 11.8 Å². The zero-order chi connectivity index (χ0) is 22.1. The predicted molar refractivity (Wildman–Crippen MR) is 120 cm³/mol. The van der Waals surface area contributed by atoms with Gasteiger partial charge >= 0.3 is 0 Å². The Morgan fingerprint density at radius 2 is 1.77 bits per heavy atom. The quantitative estimate of drug-likeness (QED) is 0.629. The van der Waals surface area contributed by atoms with Gasteiger partial charge in [-0.3, -0.25) is 9.59 Å². The normalized spacial score (nSPS) is 15.4. The van der Waals surface area contributed by atoms with Gasteiger partial charge in [0.05, 0.1) is 18.9 Å². The molecule has 1 aliphatic rings. The van der Waals surface area contributed by atoms with Crippen molar-refractivity contribution in [2.24, 2.45) is 0 Å². The van der Waals surface area contributed by atoms with Crippen molar-refractivity contribution in [1.29, 1.82) is 0 Å². The van der Waals surface area contributed by atoms with Gasteiger partial charge in [0.25, 0.3) is 0 Å². The number of nitrogens with one attached hydrogen (secondary N) is 1. The molecule has 0 aliphatic carbocycles. The Morgan fingerprint density at radius 3 is 2.45 bits per heavy atom. The van der Waals surface area contributed by atoms with E-state index in [1.165, 1.54) is 0 Å². The van der Waals surface area contributed by atoms with Gasteiger partial charge < -0.3 is 19.7 Å². The van der Waals surface area contributed by atoms with Gasteiger partial charge in [-0.25, -0.2) is 0 Å². The van der Waals surface area contributed by atoms with E-state index in [2.05, 4.69) is 5.32 Å². The number of hydrogen-bond acceptors (Lipinski definition) is 4. The Balaban J connectivity index is 1.67. The molecule has 1 N–H and O–H groups in total. The Bertz CT molecular complexity index is 861. The van der Waals surface area contributed by atoms with Crippen molar-refractivity contribution >= 4 is 11.8 Å². The fourth-order valence-electron chi connectivity index (χ4n) is 4.20. The molecule has 0 unspecified atom stereocenters. The van der Waals surface area contributed by atoms with Crippen LogP contribution in [0.5, 0.6) is 5.75 Å². The maximum Gasteiger partial charge on any atom is 0.230 e. The summed E-state index contributed by atoms with van der Waals surface area (Å²) < 4.78 is 10.3. The summed E-state index contributed by atoms with van der Waals surface area (Å²) in [6.07, 6.45) is 2.32. The third-order valence-corrected chi connectivity index (χ3v) is 6.03. The van der Waals surface area contributed by atoms with E-state index in [-0.39, 0.29) is 11.8 Å². The molecule has 31 heavy (non-hydrogen) atoms. The Morgan fingerprint density at radius 1 is 1.03 bits per heavy atom. The van der Waals surface area contributed by atoms with Crippen LogP contribution in [0.3, 0.4) is 0 Å². The first-order valence-corrected chi connectivity index (χ1v) is 10.8. The van der Waals surface area contributed by atoms with Crippen molar-refractivity contribution < 1.29 is 19.1 Å². The van der Waals surface area contributed by atoms with Crippen LogP contribution >= 0.6 is 0 Å². The molecule has 0 atom stereocenters. The molecule has 1 saturated heterocycles. The molecule has 1 heterocycles. The van der Waals surface area contributed by atoms with Crippen LogP contribution in [0.4, 0.5) is 0 Å². The average molecular weight is 425 g/mol. The molecule has 2 amide bonds. The maximum atomic E-state index is 13.3. The predicted octanol–water partition coefficient (Wildman–Crippen LogP) is 2.95. The molecular weight excluding hydrogens is 392 g/mol. The van der Waals surface area contributed by atoms with Crippen LogP contribution < -0.4 is 10.1 Å². The van der Waals surface area contributed by atoms with E-state index >= 15 is 0 Å². The number of amides is 2. The van der Waals surface area contributed by atoms with E-state index in [1.54, 1.807) is 14.2 Å². The van der Waals surface area contributed by atoms with E-state index in [9.17, 15) is 9.59 Å². The molecule has 6 nitrogen and oxygen atoms in total. The standard InChI is InChI=1S/C25H32N2O4/c1-30-17-7-14-26-24(29)25(21-9-4-3-5-10-21)12-15-27(16-13-25)23(28)19-20-8-6-11-22(18-20)31-2/h3-6,8-11,18H,7,12-17,19H2,1-2H3,(H,26,29). The highest BCUT2D eigenvalue weighted by molar-refractivity contribution is 5.89. The third-order valence-electron chi connectivity index (χ3n) is 6.03. The number of rotatable bonds is 9. The van der Waals surface area contributed by atoms with Gasteiger partial charge in [-0.15, -0.1) is 0 Å². The monoisotopic (exact) mass is 424 g/mol. The minimum absolute atomic E-state index is 0.0368. The molecule has 1 aliphatic heterocycles. The van der Waals surface area contributed by atoms with Crippen molar-refractivity contribution in [3.05, 3.63) is 65.7 Å². The summed E-state index contributed by atoms with van der Waals surface area (Å²) in [5, 5.41) is 3.09. The third kappa shape index (κ3) is 5.64. The highest BCUT2D eigenvalue weighted by Crippen LogP contribution is 2.36. The van der Waals surface area contributed by atoms with E-state index in [1.807, 2.05) is 59.5 Å². The van der Waals surface area contributed by atoms with Crippen molar-refractivity contribution in [1.82, 2.24) is 10.2 Å². The van der Waals surface area contributed by atoms with Crippen LogP contribution in [-0.2, 0) is 26.2 Å². The second kappa shape index (κ2) is 11.0. The van der Waals surface area contributed by atoms with Crippen LogP contribution in [0.25, 0.3) is 0 Å². The van der Waals surface area contributed by atoms with Gasteiger partial charge in [-0.05, 0) is 42.5 Å². The molecule has 1 fully saturated rings. The number of methoxy groups -OCH3 is 2. The lowest BCUT2D eigenvalue weighted by Crippen LogP contribution is -2.53. The molecule has 166 valence electrons. The molecular formula is C25H32N2O4. The van der Waals surface area contributed by atoms with Crippen LogP contribution in [0, 0.1) is 0 Å². The summed E-state index contributed by atoms with van der Waals surface area (Å²) in [5.74, 6) is 0.863. The minimum atomic E-state index is -0.610. The second-order valence-corrected chi connectivity index (χ2v) is 7.96. The number of benzene rings is 2. The van der Waals surface area contributed by atoms with Crippen LogP contribution in [-0.4, -0.2) is 57.2 Å². The number of nitrogens with zero attached hydrogens (tertiary/aromatic N) is 1. The fraction of sp³-hybridized carbons (Fsp3) is 0.440. The van der Waals surface area contributed by atoms with Crippen LogP contribution in [0.1, 0.15) is 30.4 Å². The summed E-state index contributed by atoms with van der Waals surface area (Å²) >= 11 is 0. The number of carbonyl (C=O) groups is 2. The molecule has 3 rings (SSSR count). The van der Waals surface area contributed by atoms with Crippen molar-refractivity contribution in [3.8, 4) is 5.75 Å². The zero-order valence-electron chi connectivity index (χ0n) is 18.4. The van der Waals surface area contributed by atoms with E-state index in [4.69, 9.17) is 9.47 Å². The molecule has 2 aromatic carbocycles. The van der Waals surface area contributed by atoms with Gasteiger partial charge in [0.15, 0.2) is 0 Å². The summed E-state index contributed by atoms with van der Waals surface area (Å²) in [6.45, 7) is 2.32. The summed E-state index contributed by atoms with van der Waals surface area (Å²) in [7, 11) is 3.28. The molecule has 0 spiro atoms. The number of likely N-dealkylation sites (tertiary alicyclic amines) is 1. The molecule has 0 bridgehead atoms. The summed E-state index contributed by atoms with van der Waals surface area (Å²) in [6, 6.07) is 17.5. The Hall–Kier alpha value is -2.86. The smallest absolute Gasteiger partial charge is 0.230 e. The van der Waals surface area contributed by atoms with Crippen molar-refractivity contribution in [2.75, 3.05) is 40.5 Å². The fourth-order valence-corrected chi connectivity index (χ4v) is 4.20. The van der Waals surface area contributed by atoms with Crippen molar-refractivity contribution in [3.63, 3.8) is 0 Å². The molecule has 0 aromatic heterocycles. The highest BCUT2D eigenvalue weighted by atomic mass is 16.5. The van der Waals surface area contributed by atoms with E-state index in [0.717, 1.165) is 23.3 Å². The van der Waals surface area contributed by atoms with Gasteiger partial charge in [0.1, 0.15) is 5.75 Å². The number of hydrogen-bond donors (Lipinski definition) is 1. The maximum absolute atomic E-state index is 13.3. The summed E-state index contributed by atoms with van der Waals surface area (Å²) in [5.41, 5.74) is 1.33. The van der Waals surface area contributed by atoms with Gasteiger partial charge in [0, 0.05) is 33.4 Å². The second-order valence-electron chi connectivity index (χ2n) is 7.96. The largest absolute Gasteiger partial charge is 0.497 e. The zero-order valence-corrected chi connectivity index (χ0v) is 18.4. The van der Waals surface area contributed by atoms with Crippen LogP contribution in [0.15, 0.2) is 54.6 Å². The number of piperidine rings is 1. The first-order chi connectivity index (χ1) is 15.1. The Labute approximate surface area is 184 Å². The lowest BCUT2D eigenvalue weighted by atomic mass is 9.72. The minimum Gasteiger partial charge on any atom is -0.497 e. The van der Waals surface area contributed by atoms with E-state index in [0.29, 0.717) is 45.5 Å². The lowest BCUT2D eigenvalue weighted by molar-refractivity contribution is -0.136. The SMILES string of the molecule is COCCCNC(=O)C1(c2ccccc2)CCN(C(=O)Cc2cccc(OC)c2)CC1. The Kier molecular flexibility index (Phi) is 8.06. The lowest BCUT2D eigenvalue weighted by Gasteiger charge is -2.41. The molecule has 2 aromatic rings. The first-order valence-electron chi connectivity index (χ1n) is 10.8. The van der Waals surface area contributed by atoms with E-state index < -0.39 is 5.41 Å². The average Bonchev–Trinajstić information content (AvgIpc) is 2.82. The van der Waals surface area contributed by atoms with Crippen LogP contribution in [0.2, 0.25) is 0 Å². The van der Waals surface area contributed by atoms with Gasteiger partial charge in [-0.1, -0.05) is 42.5 Å². The molecule has 0 radical (unpaired) electrons. The number of ether oxygens (including phenoxy) is 2. The molecule has 6 heteroatoms. The molecule has 0 saturated carbocycles. The summed E-state index contributed by atoms with van der Waals surface area (Å²) in [4.78, 5) is 28.0. The van der Waals surface area contributed by atoms with Crippen molar-refractivity contribution in [2.45, 2.75) is 31.1 Å². The topological polar surface area (TPSA) is 67.9 Å². The van der Waals surface area contributed by atoms with Gasteiger partial charge in [-0.2, -0.15) is 0 Å². The highest BCUT2D eigenvalue weighted by Gasteiger charge is 2.43. The number of carbonyl (C=O) groups excluding carboxylic acids is 2.